The summed E-state index contributed by atoms with van der Waals surface area (Å²) in [5.41, 5.74) is 6.59. The van der Waals surface area contributed by atoms with E-state index in [1.165, 1.54) is 12.1 Å². The number of nitrogen functional groups attached to an aromatic ring is 1. The Balaban J connectivity index is 2.14. The number of phenols is 1. The van der Waals surface area contributed by atoms with Gasteiger partial charge in [-0.25, -0.2) is 0 Å². The standard InChI is InChI=1S/C17H14N2O5S/c18-11-5-3-4-10(8-11)17(21)19-14-9-15(20)16(25(22,23)24)13-7-2-1-6-12(13)14/h1-9,20H,18H2,(H,19,21)(H,22,23,24). The summed E-state index contributed by atoms with van der Waals surface area (Å²) >= 11 is 0. The van der Waals surface area contributed by atoms with Crippen LogP contribution < -0.4 is 11.1 Å². The van der Waals surface area contributed by atoms with Crippen molar-refractivity contribution < 1.29 is 22.9 Å². The molecule has 0 aliphatic heterocycles. The lowest BCUT2D eigenvalue weighted by atomic mass is 10.1. The van der Waals surface area contributed by atoms with Crippen molar-refractivity contribution in [3.63, 3.8) is 0 Å². The molecule has 0 spiro atoms. The molecule has 3 rings (SSSR count). The highest BCUT2D eigenvalue weighted by molar-refractivity contribution is 7.86. The first-order valence-corrected chi connectivity index (χ1v) is 8.60. The largest absolute Gasteiger partial charge is 0.506 e. The van der Waals surface area contributed by atoms with Crippen LogP contribution in [0.15, 0.2) is 59.5 Å². The Morgan fingerprint density at radius 3 is 2.32 bits per heavy atom. The van der Waals surface area contributed by atoms with Crippen LogP contribution in [0.1, 0.15) is 10.4 Å². The Morgan fingerprint density at radius 2 is 1.68 bits per heavy atom. The van der Waals surface area contributed by atoms with Gasteiger partial charge in [0.05, 0.1) is 5.69 Å². The summed E-state index contributed by atoms with van der Waals surface area (Å²) in [5.74, 6) is -1.14. The minimum Gasteiger partial charge on any atom is -0.506 e. The summed E-state index contributed by atoms with van der Waals surface area (Å²) in [7, 11) is -4.64. The maximum absolute atomic E-state index is 12.4. The SMILES string of the molecule is Nc1cccc(C(=O)Nc2cc(O)c(S(=O)(=O)O)c3ccccc23)c1. The van der Waals surface area contributed by atoms with Gasteiger partial charge in [0.15, 0.2) is 0 Å². The van der Waals surface area contributed by atoms with Crippen molar-refractivity contribution >= 4 is 38.2 Å². The number of fused-ring (bicyclic) bond motifs is 1. The van der Waals surface area contributed by atoms with Gasteiger partial charge in [-0.2, -0.15) is 8.42 Å². The first kappa shape index (κ1) is 16.7. The molecule has 1 amide bonds. The quantitative estimate of drug-likeness (QED) is 0.421. The molecule has 0 saturated heterocycles. The first-order chi connectivity index (χ1) is 11.8. The lowest BCUT2D eigenvalue weighted by Crippen LogP contribution is -2.13. The molecular formula is C17H14N2O5S. The number of nitrogens with one attached hydrogen (secondary N) is 1. The van der Waals surface area contributed by atoms with Gasteiger partial charge in [-0.3, -0.25) is 9.35 Å². The number of hydrogen-bond acceptors (Lipinski definition) is 5. The number of anilines is 2. The topological polar surface area (TPSA) is 130 Å². The van der Waals surface area contributed by atoms with Crippen LogP contribution in [0.25, 0.3) is 10.8 Å². The van der Waals surface area contributed by atoms with Crippen LogP contribution in [0.4, 0.5) is 11.4 Å². The van der Waals surface area contributed by atoms with E-state index in [1.54, 1.807) is 36.4 Å². The molecule has 5 N–H and O–H groups in total. The average Bonchev–Trinajstić information content (AvgIpc) is 2.53. The molecule has 0 aliphatic carbocycles. The molecule has 0 unspecified atom stereocenters. The van der Waals surface area contributed by atoms with Gasteiger partial charge in [0.1, 0.15) is 10.6 Å². The molecule has 8 heteroatoms. The Morgan fingerprint density at radius 1 is 1.00 bits per heavy atom. The van der Waals surface area contributed by atoms with Crippen LogP contribution in [-0.2, 0) is 10.1 Å². The van der Waals surface area contributed by atoms with Crippen molar-refractivity contribution in [1.29, 1.82) is 0 Å². The molecule has 0 fully saturated rings. The molecule has 7 nitrogen and oxygen atoms in total. The molecule has 0 heterocycles. The number of amides is 1. The van der Waals surface area contributed by atoms with E-state index >= 15 is 0 Å². The van der Waals surface area contributed by atoms with E-state index in [2.05, 4.69) is 5.32 Å². The zero-order chi connectivity index (χ0) is 18.2. The van der Waals surface area contributed by atoms with Gasteiger partial charge in [-0.05, 0) is 18.2 Å². The minimum atomic E-state index is -4.64. The summed E-state index contributed by atoms with van der Waals surface area (Å²) in [6.45, 7) is 0. The summed E-state index contributed by atoms with van der Waals surface area (Å²) in [4.78, 5) is 11.8. The summed E-state index contributed by atoms with van der Waals surface area (Å²) in [6, 6.07) is 13.6. The molecule has 0 radical (unpaired) electrons. The molecule has 0 saturated carbocycles. The second kappa shape index (κ2) is 6.08. The van der Waals surface area contributed by atoms with E-state index in [1.807, 2.05) is 0 Å². The van der Waals surface area contributed by atoms with Gasteiger partial charge in [0.25, 0.3) is 16.0 Å². The third-order valence-electron chi connectivity index (χ3n) is 3.63. The van der Waals surface area contributed by atoms with Crippen LogP contribution in [0.5, 0.6) is 5.75 Å². The van der Waals surface area contributed by atoms with Crippen molar-refractivity contribution in [2.45, 2.75) is 4.90 Å². The second-order valence-electron chi connectivity index (χ2n) is 5.37. The van der Waals surface area contributed by atoms with Crippen LogP contribution in [-0.4, -0.2) is 24.0 Å². The number of nitrogens with two attached hydrogens (primary N) is 1. The van der Waals surface area contributed by atoms with E-state index in [4.69, 9.17) is 5.73 Å². The number of benzene rings is 3. The van der Waals surface area contributed by atoms with Crippen LogP contribution in [0, 0.1) is 0 Å². The van der Waals surface area contributed by atoms with Crippen LogP contribution in [0.3, 0.4) is 0 Å². The number of hydrogen-bond donors (Lipinski definition) is 4. The molecule has 25 heavy (non-hydrogen) atoms. The zero-order valence-corrected chi connectivity index (χ0v) is 13.6. The Kier molecular flexibility index (Phi) is 4.07. The highest BCUT2D eigenvalue weighted by Gasteiger charge is 2.22. The fourth-order valence-corrected chi connectivity index (χ4v) is 3.36. The lowest BCUT2D eigenvalue weighted by molar-refractivity contribution is 0.102. The summed E-state index contributed by atoms with van der Waals surface area (Å²) < 4.78 is 32.5. The highest BCUT2D eigenvalue weighted by atomic mass is 32.2. The third-order valence-corrected chi connectivity index (χ3v) is 4.58. The summed E-state index contributed by atoms with van der Waals surface area (Å²) in [5, 5.41) is 13.1. The van der Waals surface area contributed by atoms with E-state index < -0.39 is 26.7 Å². The molecule has 128 valence electrons. The zero-order valence-electron chi connectivity index (χ0n) is 12.8. The fourth-order valence-electron chi connectivity index (χ4n) is 2.58. The van der Waals surface area contributed by atoms with E-state index in [-0.39, 0.29) is 11.1 Å². The highest BCUT2D eigenvalue weighted by Crippen LogP contribution is 2.36. The van der Waals surface area contributed by atoms with Gasteiger partial charge >= 0.3 is 0 Å². The summed E-state index contributed by atoms with van der Waals surface area (Å²) in [6.07, 6.45) is 0. The average molecular weight is 358 g/mol. The molecule has 0 aliphatic rings. The number of carbonyl (C=O) groups excluding carboxylic acids is 1. The van der Waals surface area contributed by atoms with Crippen molar-refractivity contribution in [3.05, 3.63) is 60.2 Å². The van der Waals surface area contributed by atoms with Crippen molar-refractivity contribution in [2.24, 2.45) is 0 Å². The van der Waals surface area contributed by atoms with Crippen LogP contribution in [0.2, 0.25) is 0 Å². The predicted molar refractivity (Wildman–Crippen MR) is 94.2 cm³/mol. The fraction of sp³-hybridized carbons (Fsp3) is 0. The predicted octanol–water partition coefficient (Wildman–Crippen LogP) is 2.63. The molecule has 0 bridgehead atoms. The maximum Gasteiger partial charge on any atom is 0.298 e. The van der Waals surface area contributed by atoms with Crippen molar-refractivity contribution in [1.82, 2.24) is 0 Å². The smallest absolute Gasteiger partial charge is 0.298 e. The van der Waals surface area contributed by atoms with Crippen molar-refractivity contribution in [2.75, 3.05) is 11.1 Å². The number of phenolic OH excluding ortho intramolecular Hbond substituents is 1. The Bertz CT molecular complexity index is 1090. The van der Waals surface area contributed by atoms with Crippen LogP contribution >= 0.6 is 0 Å². The molecule has 3 aromatic rings. The number of aromatic hydroxyl groups is 1. The van der Waals surface area contributed by atoms with Crippen molar-refractivity contribution in [3.8, 4) is 5.75 Å². The van der Waals surface area contributed by atoms with Gasteiger partial charge in [0.2, 0.25) is 0 Å². The third kappa shape index (κ3) is 3.25. The lowest BCUT2D eigenvalue weighted by Gasteiger charge is -2.13. The number of carbonyl (C=O) groups is 1. The molecule has 3 aromatic carbocycles. The second-order valence-corrected chi connectivity index (χ2v) is 6.73. The van der Waals surface area contributed by atoms with Gasteiger partial charge in [-0.1, -0.05) is 30.3 Å². The Labute approximate surface area is 143 Å². The first-order valence-electron chi connectivity index (χ1n) is 7.16. The van der Waals surface area contributed by atoms with E-state index in [0.29, 0.717) is 16.6 Å². The Hall–Kier alpha value is -3.10. The van der Waals surface area contributed by atoms with Gasteiger partial charge < -0.3 is 16.2 Å². The normalized spacial score (nSPS) is 11.4. The number of rotatable bonds is 3. The van der Waals surface area contributed by atoms with E-state index in [9.17, 15) is 22.9 Å². The maximum atomic E-state index is 12.4. The molecular weight excluding hydrogens is 344 g/mol. The van der Waals surface area contributed by atoms with Gasteiger partial charge in [0, 0.05) is 28.1 Å². The monoisotopic (exact) mass is 358 g/mol. The molecule has 0 aromatic heterocycles. The van der Waals surface area contributed by atoms with Gasteiger partial charge in [-0.15, -0.1) is 0 Å². The molecule has 0 atom stereocenters. The van der Waals surface area contributed by atoms with E-state index in [0.717, 1.165) is 6.07 Å². The minimum absolute atomic E-state index is 0.0906.